The van der Waals surface area contributed by atoms with Crippen molar-refractivity contribution in [2.45, 2.75) is 27.4 Å². The minimum atomic E-state index is -0.807. The first-order valence-electron chi connectivity index (χ1n) is 11.6. The van der Waals surface area contributed by atoms with Crippen molar-refractivity contribution in [3.05, 3.63) is 90.9 Å². The number of hydrogen-bond donors (Lipinski definition) is 1. The molecule has 1 fully saturated rings. The highest BCUT2D eigenvalue weighted by Gasteiger charge is 2.37. The Balaban J connectivity index is 1.68. The van der Waals surface area contributed by atoms with Crippen LogP contribution in [0.3, 0.4) is 0 Å². The molecule has 0 aliphatic carbocycles. The molecule has 0 saturated carbocycles. The maximum absolute atomic E-state index is 13.3. The van der Waals surface area contributed by atoms with E-state index in [2.05, 4.69) is 21.2 Å². The van der Waals surface area contributed by atoms with Gasteiger partial charge in [0.25, 0.3) is 11.8 Å². The topological polar surface area (TPSA) is 84.9 Å². The summed E-state index contributed by atoms with van der Waals surface area (Å²) in [6.45, 7) is 6.05. The van der Waals surface area contributed by atoms with Gasteiger partial charge >= 0.3 is 6.03 Å². The summed E-state index contributed by atoms with van der Waals surface area (Å²) >= 11 is 16.0. The quantitative estimate of drug-likeness (QED) is 0.228. The molecule has 38 heavy (non-hydrogen) atoms. The second kappa shape index (κ2) is 11.6. The summed E-state index contributed by atoms with van der Waals surface area (Å²) in [4.78, 5) is 39.5. The summed E-state index contributed by atoms with van der Waals surface area (Å²) in [5.41, 5.74) is 3.19. The Morgan fingerprint density at radius 2 is 1.68 bits per heavy atom. The second-order valence-electron chi connectivity index (χ2n) is 8.48. The molecular weight excluding hydrogens is 595 g/mol. The van der Waals surface area contributed by atoms with E-state index < -0.39 is 17.8 Å². The van der Waals surface area contributed by atoms with E-state index in [4.69, 9.17) is 32.7 Å². The summed E-state index contributed by atoms with van der Waals surface area (Å²) in [6, 6.07) is 12.9. The van der Waals surface area contributed by atoms with Crippen LogP contribution in [0.2, 0.25) is 10.0 Å². The number of barbiturate groups is 1. The number of benzene rings is 3. The Labute approximate surface area is 238 Å². The molecule has 0 atom stereocenters. The number of anilines is 1. The number of nitrogens with zero attached hydrogens (tertiary/aromatic N) is 1. The van der Waals surface area contributed by atoms with E-state index in [1.165, 1.54) is 6.08 Å². The highest BCUT2D eigenvalue weighted by Crippen LogP contribution is 2.39. The smallest absolute Gasteiger partial charge is 0.335 e. The van der Waals surface area contributed by atoms with Crippen molar-refractivity contribution in [3.8, 4) is 11.5 Å². The van der Waals surface area contributed by atoms with Gasteiger partial charge in [-0.3, -0.25) is 14.9 Å². The lowest BCUT2D eigenvalue weighted by atomic mass is 10.0. The molecule has 1 N–H and O–H groups in total. The first-order valence-corrected chi connectivity index (χ1v) is 13.2. The SMILES string of the molecule is CCOc1cc(/C=C2\C(=O)NC(=O)N(c3ccc(C)c(C)c3)C2=O)cc(Br)c1OCc1c(Cl)cccc1Cl. The number of carbonyl (C=O) groups excluding carboxylic acids is 3. The van der Waals surface area contributed by atoms with E-state index in [0.717, 1.165) is 16.0 Å². The average Bonchev–Trinajstić information content (AvgIpc) is 2.85. The van der Waals surface area contributed by atoms with Crippen molar-refractivity contribution in [1.29, 1.82) is 0 Å². The van der Waals surface area contributed by atoms with Gasteiger partial charge in [0.2, 0.25) is 0 Å². The molecule has 0 spiro atoms. The molecule has 0 radical (unpaired) electrons. The molecular formula is C28H23BrCl2N2O5. The highest BCUT2D eigenvalue weighted by atomic mass is 79.9. The van der Waals surface area contributed by atoms with E-state index in [0.29, 0.717) is 49.4 Å². The van der Waals surface area contributed by atoms with Gasteiger partial charge in [-0.25, -0.2) is 9.69 Å². The molecule has 1 saturated heterocycles. The van der Waals surface area contributed by atoms with E-state index in [1.807, 2.05) is 26.8 Å². The summed E-state index contributed by atoms with van der Waals surface area (Å²) in [5, 5.41) is 3.18. The third kappa shape index (κ3) is 5.72. The van der Waals surface area contributed by atoms with Crippen LogP contribution in [0.25, 0.3) is 6.08 Å². The maximum atomic E-state index is 13.3. The lowest BCUT2D eigenvalue weighted by Gasteiger charge is -2.27. The van der Waals surface area contributed by atoms with Crippen LogP contribution in [-0.4, -0.2) is 24.5 Å². The molecule has 1 aliphatic rings. The zero-order valence-corrected chi connectivity index (χ0v) is 23.8. The average molecular weight is 618 g/mol. The third-order valence-electron chi connectivity index (χ3n) is 5.92. The lowest BCUT2D eigenvalue weighted by molar-refractivity contribution is -0.122. The number of nitrogens with one attached hydrogen (secondary N) is 1. The zero-order valence-electron chi connectivity index (χ0n) is 20.7. The Kier molecular flexibility index (Phi) is 8.45. The van der Waals surface area contributed by atoms with Crippen LogP contribution in [0.4, 0.5) is 10.5 Å². The number of amides is 4. The molecule has 0 bridgehead atoms. The van der Waals surface area contributed by atoms with Gasteiger partial charge in [0.1, 0.15) is 12.2 Å². The fourth-order valence-corrected chi connectivity index (χ4v) is 4.89. The van der Waals surface area contributed by atoms with Gasteiger partial charge < -0.3 is 9.47 Å². The third-order valence-corrected chi connectivity index (χ3v) is 7.21. The first-order chi connectivity index (χ1) is 18.1. The van der Waals surface area contributed by atoms with Gasteiger partial charge in [-0.1, -0.05) is 35.3 Å². The standard InChI is InChI=1S/C28H23BrCl2N2O5/c1-4-37-24-13-17(12-21(29)25(24)38-14-20-22(30)6-5-7-23(20)31)11-19-26(34)32-28(36)33(27(19)35)18-9-8-15(2)16(3)10-18/h5-13H,4,14H2,1-3H3,(H,32,34,36)/b19-11+. The van der Waals surface area contributed by atoms with Crippen LogP contribution < -0.4 is 19.7 Å². The van der Waals surface area contributed by atoms with Crippen LogP contribution in [0.15, 0.2) is 58.6 Å². The molecule has 3 aromatic rings. The zero-order chi connectivity index (χ0) is 27.6. The number of urea groups is 1. The molecule has 4 amide bonds. The number of aryl methyl sites for hydroxylation is 2. The van der Waals surface area contributed by atoms with Crippen molar-refractivity contribution in [3.63, 3.8) is 0 Å². The summed E-state index contributed by atoms with van der Waals surface area (Å²) < 4.78 is 12.3. The van der Waals surface area contributed by atoms with Gasteiger partial charge in [0.15, 0.2) is 11.5 Å². The first kappa shape index (κ1) is 27.7. The number of rotatable bonds is 7. The molecule has 7 nitrogen and oxygen atoms in total. The Morgan fingerprint density at radius 1 is 0.974 bits per heavy atom. The number of imide groups is 2. The van der Waals surface area contributed by atoms with Crippen LogP contribution in [0.5, 0.6) is 11.5 Å². The van der Waals surface area contributed by atoms with Crippen molar-refractivity contribution >= 4 is 68.7 Å². The van der Waals surface area contributed by atoms with Crippen molar-refractivity contribution < 1.29 is 23.9 Å². The molecule has 0 unspecified atom stereocenters. The molecule has 1 heterocycles. The van der Waals surface area contributed by atoms with Gasteiger partial charge in [-0.15, -0.1) is 0 Å². The van der Waals surface area contributed by atoms with E-state index >= 15 is 0 Å². The fraction of sp³-hybridized carbons (Fsp3) is 0.179. The fourth-order valence-electron chi connectivity index (χ4n) is 3.81. The van der Waals surface area contributed by atoms with Gasteiger partial charge in [-0.2, -0.15) is 0 Å². The Bertz CT molecular complexity index is 1470. The van der Waals surface area contributed by atoms with E-state index in [1.54, 1.807) is 42.5 Å². The van der Waals surface area contributed by atoms with Gasteiger partial charge in [0, 0.05) is 15.6 Å². The van der Waals surface area contributed by atoms with Crippen LogP contribution in [0.1, 0.15) is 29.2 Å². The Morgan fingerprint density at radius 3 is 2.34 bits per heavy atom. The minimum absolute atomic E-state index is 0.0888. The normalized spacial score (nSPS) is 14.6. The summed E-state index contributed by atoms with van der Waals surface area (Å²) in [6.07, 6.45) is 1.40. The number of ether oxygens (including phenoxy) is 2. The molecule has 3 aromatic carbocycles. The lowest BCUT2D eigenvalue weighted by Crippen LogP contribution is -2.54. The molecule has 196 valence electrons. The predicted molar refractivity (Wildman–Crippen MR) is 151 cm³/mol. The molecule has 1 aliphatic heterocycles. The monoisotopic (exact) mass is 616 g/mol. The van der Waals surface area contributed by atoms with Gasteiger partial charge in [0.05, 0.1) is 16.8 Å². The molecule has 0 aromatic heterocycles. The maximum Gasteiger partial charge on any atom is 0.335 e. The van der Waals surface area contributed by atoms with Crippen LogP contribution >= 0.6 is 39.1 Å². The summed E-state index contributed by atoms with van der Waals surface area (Å²) in [5.74, 6) is -0.744. The second-order valence-corrected chi connectivity index (χ2v) is 10.1. The predicted octanol–water partition coefficient (Wildman–Crippen LogP) is 7.02. The van der Waals surface area contributed by atoms with Crippen LogP contribution in [-0.2, 0) is 16.2 Å². The van der Waals surface area contributed by atoms with Crippen LogP contribution in [0, 0.1) is 13.8 Å². The minimum Gasteiger partial charge on any atom is -0.490 e. The molecule has 10 heteroatoms. The van der Waals surface area contributed by atoms with Gasteiger partial charge in [-0.05, 0) is 95.9 Å². The van der Waals surface area contributed by atoms with Crippen molar-refractivity contribution in [2.75, 3.05) is 11.5 Å². The largest absolute Gasteiger partial charge is 0.490 e. The number of hydrogen-bond acceptors (Lipinski definition) is 5. The van der Waals surface area contributed by atoms with Crippen molar-refractivity contribution in [2.24, 2.45) is 0 Å². The highest BCUT2D eigenvalue weighted by molar-refractivity contribution is 9.10. The number of carbonyl (C=O) groups is 3. The Hall–Kier alpha value is -3.33. The molecule has 4 rings (SSSR count). The van der Waals surface area contributed by atoms with Crippen molar-refractivity contribution in [1.82, 2.24) is 5.32 Å². The number of halogens is 3. The van der Waals surface area contributed by atoms with E-state index in [9.17, 15) is 14.4 Å². The van der Waals surface area contributed by atoms with E-state index in [-0.39, 0.29) is 12.2 Å². The summed E-state index contributed by atoms with van der Waals surface area (Å²) in [7, 11) is 0.